The fourth-order valence-corrected chi connectivity index (χ4v) is 0.736. The van der Waals surface area contributed by atoms with Crippen molar-refractivity contribution in [2.24, 2.45) is 5.84 Å². The number of amides is 1. The highest BCUT2D eigenvalue weighted by atomic mass is 16.6. The fourth-order valence-electron chi connectivity index (χ4n) is 0.736. The summed E-state index contributed by atoms with van der Waals surface area (Å²) >= 11 is 0. The van der Waals surface area contributed by atoms with Gasteiger partial charge in [0.1, 0.15) is 10.7 Å². The molecule has 0 spiro atoms. The molecule has 0 aromatic carbocycles. The summed E-state index contributed by atoms with van der Waals surface area (Å²) < 4.78 is 4.73. The number of hydrazine groups is 1. The number of furan rings is 1. The van der Waals surface area contributed by atoms with Gasteiger partial charge in [0.05, 0.1) is 6.07 Å². The Morgan fingerprint density at radius 3 is 2.86 bits per heavy atom. The molecule has 0 aliphatic rings. The number of nitrogens with one attached hydrogen (secondary N) is 1. The van der Waals surface area contributed by atoms with Crippen molar-refractivity contribution in [2.75, 3.05) is 0 Å². The highest BCUT2D eigenvalue weighted by Crippen LogP contribution is 2.16. The molecule has 0 radical (unpaired) electrons. The van der Waals surface area contributed by atoms with E-state index >= 15 is 0 Å². The first-order valence-electron chi connectivity index (χ1n) is 3.56. The highest BCUT2D eigenvalue weighted by molar-refractivity contribution is 5.90. The van der Waals surface area contributed by atoms with Gasteiger partial charge in [-0.2, -0.15) is 0 Å². The summed E-state index contributed by atoms with van der Waals surface area (Å²) in [7, 11) is 0. The topological polar surface area (TPSA) is 111 Å². The molecule has 0 bridgehead atoms. The van der Waals surface area contributed by atoms with Crippen molar-refractivity contribution in [1.29, 1.82) is 0 Å². The largest absolute Gasteiger partial charge is 0.433 e. The Labute approximate surface area is 78.3 Å². The number of carbonyl (C=O) groups is 1. The Morgan fingerprint density at radius 2 is 2.36 bits per heavy atom. The third kappa shape index (κ3) is 2.42. The van der Waals surface area contributed by atoms with Crippen LogP contribution in [0.1, 0.15) is 5.76 Å². The molecule has 0 fully saturated rings. The van der Waals surface area contributed by atoms with Crippen LogP contribution in [-0.4, -0.2) is 10.8 Å². The summed E-state index contributed by atoms with van der Waals surface area (Å²) in [6.07, 6.45) is 2.37. The molecule has 0 saturated carbocycles. The van der Waals surface area contributed by atoms with E-state index in [0.29, 0.717) is 0 Å². The van der Waals surface area contributed by atoms with Gasteiger partial charge in [-0.15, -0.1) is 0 Å². The molecular weight excluding hydrogens is 190 g/mol. The summed E-state index contributed by atoms with van der Waals surface area (Å²) in [6, 6.07) is 2.57. The molecule has 0 aliphatic carbocycles. The van der Waals surface area contributed by atoms with Crippen LogP contribution >= 0.6 is 0 Å². The minimum absolute atomic E-state index is 0.209. The third-order valence-corrected chi connectivity index (χ3v) is 1.33. The molecule has 7 nitrogen and oxygen atoms in total. The molecule has 0 atom stereocenters. The van der Waals surface area contributed by atoms with Crippen LogP contribution in [0.25, 0.3) is 6.08 Å². The first kappa shape index (κ1) is 9.93. The van der Waals surface area contributed by atoms with Gasteiger partial charge in [-0.25, -0.2) is 5.84 Å². The molecule has 1 heterocycles. The maximum Gasteiger partial charge on any atom is 0.433 e. The zero-order valence-corrected chi connectivity index (χ0v) is 6.97. The van der Waals surface area contributed by atoms with Gasteiger partial charge >= 0.3 is 5.88 Å². The van der Waals surface area contributed by atoms with Crippen molar-refractivity contribution in [2.45, 2.75) is 0 Å². The number of nitro groups is 1. The summed E-state index contributed by atoms with van der Waals surface area (Å²) in [4.78, 5) is 20.2. The predicted octanol–water partition coefficient (Wildman–Crippen LogP) is 0.191. The van der Waals surface area contributed by atoms with Crippen LogP contribution in [0.5, 0.6) is 0 Å². The molecular formula is C7H7N3O4. The molecule has 1 aromatic heterocycles. The smallest absolute Gasteiger partial charge is 0.401 e. The van der Waals surface area contributed by atoms with Gasteiger partial charge in [0, 0.05) is 6.08 Å². The fraction of sp³-hybridized carbons (Fsp3) is 0. The third-order valence-electron chi connectivity index (χ3n) is 1.33. The van der Waals surface area contributed by atoms with Crippen molar-refractivity contribution in [3.8, 4) is 0 Å². The van der Waals surface area contributed by atoms with Crippen LogP contribution in [-0.2, 0) is 4.79 Å². The lowest BCUT2D eigenvalue weighted by Crippen LogP contribution is -2.27. The average molecular weight is 197 g/mol. The number of hydrogen-bond acceptors (Lipinski definition) is 5. The lowest BCUT2D eigenvalue weighted by atomic mass is 10.4. The lowest BCUT2D eigenvalue weighted by molar-refractivity contribution is -0.402. The maximum absolute atomic E-state index is 10.6. The quantitative estimate of drug-likeness (QED) is 0.236. The van der Waals surface area contributed by atoms with Crippen molar-refractivity contribution < 1.29 is 14.1 Å². The first-order chi connectivity index (χ1) is 6.63. The number of hydrogen-bond donors (Lipinski definition) is 2. The number of rotatable bonds is 3. The van der Waals surface area contributed by atoms with Crippen LogP contribution in [0.4, 0.5) is 5.88 Å². The molecule has 0 unspecified atom stereocenters. The SMILES string of the molecule is NNC(=O)C=Cc1ccc([N+](=O)[O-])o1. The van der Waals surface area contributed by atoms with Gasteiger partial charge in [0.15, 0.2) is 0 Å². The number of nitrogens with two attached hydrogens (primary N) is 1. The van der Waals surface area contributed by atoms with Crippen molar-refractivity contribution in [3.05, 3.63) is 34.1 Å². The van der Waals surface area contributed by atoms with Gasteiger partial charge in [-0.1, -0.05) is 0 Å². The summed E-state index contributed by atoms with van der Waals surface area (Å²) in [5, 5.41) is 10.2. The summed E-state index contributed by atoms with van der Waals surface area (Å²) in [5.41, 5.74) is 1.86. The zero-order chi connectivity index (χ0) is 10.6. The van der Waals surface area contributed by atoms with E-state index < -0.39 is 10.8 Å². The molecule has 7 heteroatoms. The Kier molecular flexibility index (Phi) is 2.97. The van der Waals surface area contributed by atoms with Gasteiger partial charge in [0.25, 0.3) is 5.91 Å². The monoisotopic (exact) mass is 197 g/mol. The van der Waals surface area contributed by atoms with E-state index in [1.807, 2.05) is 5.43 Å². The van der Waals surface area contributed by atoms with Crippen molar-refractivity contribution >= 4 is 17.9 Å². The van der Waals surface area contributed by atoms with E-state index in [1.165, 1.54) is 18.2 Å². The average Bonchev–Trinajstić information content (AvgIpc) is 2.62. The van der Waals surface area contributed by atoms with Crippen LogP contribution in [0.3, 0.4) is 0 Å². The van der Waals surface area contributed by atoms with Gasteiger partial charge in [0.2, 0.25) is 0 Å². The maximum atomic E-state index is 10.6. The van der Waals surface area contributed by atoms with Crippen LogP contribution in [0.2, 0.25) is 0 Å². The van der Waals surface area contributed by atoms with E-state index in [0.717, 1.165) is 6.08 Å². The van der Waals surface area contributed by atoms with E-state index in [2.05, 4.69) is 0 Å². The Hall–Kier alpha value is -2.15. The van der Waals surface area contributed by atoms with Gasteiger partial charge < -0.3 is 4.42 Å². The number of carbonyl (C=O) groups excluding carboxylic acids is 1. The van der Waals surface area contributed by atoms with E-state index in [9.17, 15) is 14.9 Å². The van der Waals surface area contributed by atoms with E-state index in [1.54, 1.807) is 0 Å². The van der Waals surface area contributed by atoms with E-state index in [4.69, 9.17) is 10.3 Å². The first-order valence-corrected chi connectivity index (χ1v) is 3.56. The van der Waals surface area contributed by atoms with Crippen molar-refractivity contribution in [1.82, 2.24) is 5.43 Å². The van der Waals surface area contributed by atoms with Gasteiger partial charge in [-0.3, -0.25) is 20.3 Å². The van der Waals surface area contributed by atoms with E-state index in [-0.39, 0.29) is 11.6 Å². The molecule has 1 rings (SSSR count). The lowest BCUT2D eigenvalue weighted by Gasteiger charge is -1.87. The molecule has 0 aliphatic heterocycles. The second kappa shape index (κ2) is 4.19. The van der Waals surface area contributed by atoms with Crippen molar-refractivity contribution in [3.63, 3.8) is 0 Å². The molecule has 14 heavy (non-hydrogen) atoms. The van der Waals surface area contributed by atoms with Crippen LogP contribution < -0.4 is 11.3 Å². The standard InChI is InChI=1S/C7H7N3O4/c8-9-6(11)3-1-5-2-4-7(14-5)10(12)13/h1-4H,8H2,(H,9,11). The highest BCUT2D eigenvalue weighted by Gasteiger charge is 2.09. The Morgan fingerprint density at radius 1 is 1.64 bits per heavy atom. The van der Waals surface area contributed by atoms with Gasteiger partial charge in [-0.05, 0) is 12.1 Å². The molecule has 0 saturated heterocycles. The minimum atomic E-state index is -0.666. The summed E-state index contributed by atoms with van der Waals surface area (Å²) in [6.45, 7) is 0. The number of nitrogens with zero attached hydrogens (tertiary/aromatic N) is 1. The Bertz CT molecular complexity index is 382. The van der Waals surface area contributed by atoms with Crippen LogP contribution in [0.15, 0.2) is 22.6 Å². The Balaban J connectivity index is 2.73. The second-order valence-corrected chi connectivity index (χ2v) is 2.28. The normalized spacial score (nSPS) is 10.4. The molecule has 3 N–H and O–H groups in total. The second-order valence-electron chi connectivity index (χ2n) is 2.28. The molecule has 74 valence electrons. The zero-order valence-electron chi connectivity index (χ0n) is 6.97. The molecule has 1 amide bonds. The predicted molar refractivity (Wildman–Crippen MR) is 46.7 cm³/mol. The minimum Gasteiger partial charge on any atom is -0.401 e. The summed E-state index contributed by atoms with van der Waals surface area (Å²) in [5.74, 6) is 4.11. The molecule has 1 aromatic rings. The van der Waals surface area contributed by atoms with Crippen LogP contribution in [0, 0.1) is 10.1 Å².